The summed E-state index contributed by atoms with van der Waals surface area (Å²) in [7, 11) is 0. The van der Waals surface area contributed by atoms with Crippen molar-refractivity contribution in [2.24, 2.45) is 17.8 Å². The van der Waals surface area contributed by atoms with Gasteiger partial charge in [0.05, 0.1) is 24.5 Å². The number of rotatable bonds is 7. The first-order chi connectivity index (χ1) is 13.3. The van der Waals surface area contributed by atoms with Crippen LogP contribution in [0.4, 0.5) is 5.82 Å². The molecule has 3 aliphatic rings. The third kappa shape index (κ3) is 3.15. The molecule has 0 radical (unpaired) electrons. The number of fused-ring (bicyclic) bond motifs is 1. The molecule has 5 atom stereocenters. The Bertz CT molecular complexity index is 801. The van der Waals surface area contributed by atoms with Crippen molar-refractivity contribution in [2.45, 2.75) is 64.7 Å². The normalized spacial score (nSPS) is 31.7. The van der Waals surface area contributed by atoms with Crippen LogP contribution >= 0.6 is 0 Å². The molecule has 1 N–H and O–H groups in total. The fraction of sp³-hybridized carbons (Fsp3) is 0.667. The minimum atomic E-state index is -0.739. The second kappa shape index (κ2) is 7.03. The van der Waals surface area contributed by atoms with Gasteiger partial charge in [-0.3, -0.25) is 14.5 Å². The number of amides is 2. The van der Waals surface area contributed by atoms with Gasteiger partial charge in [-0.1, -0.05) is 44.0 Å². The Labute approximate surface area is 165 Å². The summed E-state index contributed by atoms with van der Waals surface area (Å²) < 4.78 is 11.3. The predicted molar refractivity (Wildman–Crippen MR) is 104 cm³/mol. The Balaban J connectivity index is 1.46. The van der Waals surface area contributed by atoms with Crippen LogP contribution in [-0.2, 0) is 14.3 Å². The van der Waals surface area contributed by atoms with Gasteiger partial charge in [0.25, 0.3) is 0 Å². The number of nitrogens with one attached hydrogen (secondary N) is 1. The summed E-state index contributed by atoms with van der Waals surface area (Å²) in [5.41, 5.74) is -0.739. The lowest BCUT2D eigenvalue weighted by atomic mass is 9.76. The van der Waals surface area contributed by atoms with Crippen LogP contribution in [0.15, 0.2) is 22.7 Å². The number of hydrogen-bond acceptors (Lipinski definition) is 5. The molecule has 1 aromatic rings. The average Bonchev–Trinajstić information content (AvgIpc) is 3.35. The second-order valence-corrected chi connectivity index (χ2v) is 8.85. The lowest BCUT2D eigenvalue weighted by molar-refractivity contribution is -0.132. The van der Waals surface area contributed by atoms with E-state index in [1.165, 1.54) is 0 Å². The quantitative estimate of drug-likeness (QED) is 0.727. The molecule has 3 aliphatic heterocycles. The van der Waals surface area contributed by atoms with E-state index < -0.39 is 17.4 Å². The first kappa shape index (κ1) is 19.2. The van der Waals surface area contributed by atoms with Gasteiger partial charge in [-0.2, -0.15) is 0 Å². The Morgan fingerprint density at radius 3 is 2.86 bits per heavy atom. The van der Waals surface area contributed by atoms with Crippen molar-refractivity contribution in [1.29, 1.82) is 0 Å². The maximum absolute atomic E-state index is 13.2. The fourth-order valence-corrected chi connectivity index (χ4v) is 4.72. The van der Waals surface area contributed by atoms with E-state index in [-0.39, 0.29) is 24.0 Å². The molecular weight excluding hydrogens is 358 g/mol. The van der Waals surface area contributed by atoms with Crippen LogP contribution in [0.3, 0.4) is 0 Å². The van der Waals surface area contributed by atoms with Crippen LogP contribution in [-0.4, -0.2) is 41.3 Å². The number of nitrogens with zero attached hydrogens (tertiary/aromatic N) is 2. The van der Waals surface area contributed by atoms with E-state index in [2.05, 4.69) is 24.3 Å². The third-order valence-corrected chi connectivity index (χ3v) is 6.10. The first-order valence-electron chi connectivity index (χ1n) is 10.2. The van der Waals surface area contributed by atoms with E-state index in [1.54, 1.807) is 17.9 Å². The van der Waals surface area contributed by atoms with Crippen LogP contribution in [0, 0.1) is 24.7 Å². The van der Waals surface area contributed by atoms with E-state index >= 15 is 0 Å². The van der Waals surface area contributed by atoms with Gasteiger partial charge in [0, 0.05) is 12.1 Å². The van der Waals surface area contributed by atoms with Gasteiger partial charge in [-0.05, 0) is 26.2 Å². The van der Waals surface area contributed by atoms with Gasteiger partial charge >= 0.3 is 0 Å². The van der Waals surface area contributed by atoms with Crippen molar-refractivity contribution < 1.29 is 18.8 Å². The van der Waals surface area contributed by atoms with Crippen molar-refractivity contribution in [3.05, 3.63) is 24.0 Å². The molecule has 2 fully saturated rings. The highest BCUT2D eigenvalue weighted by Crippen LogP contribution is 2.52. The Morgan fingerprint density at radius 2 is 2.18 bits per heavy atom. The summed E-state index contributed by atoms with van der Waals surface area (Å²) in [4.78, 5) is 27.8. The standard InChI is InChI=1S/C21H29N3O4/c1-12(2)6-5-7-13(3)22-19(25)17-15-8-9-21(27-15)11-24(20(26)18(17)21)16-10-14(4)28-23-16/h8-10,12-13,15,17-18H,5-7,11H2,1-4H3,(H,22,25)/t13-,15-,17+,18+,21-/m1/s1. The third-order valence-electron chi connectivity index (χ3n) is 6.10. The molecule has 0 aromatic carbocycles. The van der Waals surface area contributed by atoms with Crippen LogP contribution < -0.4 is 10.2 Å². The first-order valence-corrected chi connectivity index (χ1v) is 10.2. The predicted octanol–water partition coefficient (Wildman–Crippen LogP) is 2.60. The Morgan fingerprint density at radius 1 is 1.39 bits per heavy atom. The highest BCUT2D eigenvalue weighted by atomic mass is 16.5. The van der Waals surface area contributed by atoms with E-state index in [1.807, 2.05) is 19.1 Å². The largest absolute Gasteiger partial charge is 0.360 e. The van der Waals surface area contributed by atoms with E-state index in [9.17, 15) is 9.59 Å². The molecule has 4 heterocycles. The summed E-state index contributed by atoms with van der Waals surface area (Å²) in [6.07, 6.45) is 6.70. The number of carbonyl (C=O) groups excluding carboxylic acids is 2. The molecule has 152 valence electrons. The molecule has 2 saturated heterocycles. The van der Waals surface area contributed by atoms with Crippen LogP contribution in [0.25, 0.3) is 0 Å². The van der Waals surface area contributed by atoms with Crippen LogP contribution in [0.2, 0.25) is 0 Å². The molecule has 0 aliphatic carbocycles. The van der Waals surface area contributed by atoms with Crippen molar-refractivity contribution >= 4 is 17.6 Å². The summed E-state index contributed by atoms with van der Waals surface area (Å²) in [6, 6.07) is 1.81. The number of aromatic nitrogens is 1. The Kier molecular flexibility index (Phi) is 4.81. The minimum Gasteiger partial charge on any atom is -0.360 e. The smallest absolute Gasteiger partial charge is 0.235 e. The molecular formula is C21H29N3O4. The summed E-state index contributed by atoms with van der Waals surface area (Å²) in [5.74, 6) is 0.563. The van der Waals surface area contributed by atoms with Crippen LogP contribution in [0.5, 0.6) is 0 Å². The molecule has 0 unspecified atom stereocenters. The maximum atomic E-state index is 13.2. The molecule has 0 saturated carbocycles. The van der Waals surface area contributed by atoms with Crippen molar-refractivity contribution in [3.63, 3.8) is 0 Å². The number of anilines is 1. The maximum Gasteiger partial charge on any atom is 0.235 e. The second-order valence-electron chi connectivity index (χ2n) is 8.85. The number of ether oxygens (including phenoxy) is 1. The summed E-state index contributed by atoms with van der Waals surface area (Å²) in [5, 5.41) is 7.08. The highest BCUT2D eigenvalue weighted by molar-refractivity contribution is 6.02. The van der Waals surface area contributed by atoms with Crippen molar-refractivity contribution in [3.8, 4) is 0 Å². The Hall–Kier alpha value is -2.15. The van der Waals surface area contributed by atoms with Gasteiger partial charge in [0.15, 0.2) is 5.82 Å². The monoisotopic (exact) mass is 387 g/mol. The molecule has 1 spiro atoms. The molecule has 2 amide bonds. The fourth-order valence-electron chi connectivity index (χ4n) is 4.72. The highest BCUT2D eigenvalue weighted by Gasteiger charge is 2.67. The number of carbonyl (C=O) groups is 2. The molecule has 28 heavy (non-hydrogen) atoms. The number of aryl methyl sites for hydroxylation is 1. The van der Waals surface area contributed by atoms with Crippen molar-refractivity contribution in [2.75, 3.05) is 11.4 Å². The van der Waals surface area contributed by atoms with Gasteiger partial charge < -0.3 is 14.6 Å². The zero-order valence-corrected chi connectivity index (χ0v) is 17.0. The van der Waals surface area contributed by atoms with Crippen molar-refractivity contribution in [1.82, 2.24) is 10.5 Å². The minimum absolute atomic E-state index is 0.0797. The lowest BCUT2D eigenvalue weighted by Gasteiger charge is -2.25. The summed E-state index contributed by atoms with van der Waals surface area (Å²) >= 11 is 0. The topological polar surface area (TPSA) is 84.7 Å². The molecule has 7 heteroatoms. The summed E-state index contributed by atoms with van der Waals surface area (Å²) in [6.45, 7) is 8.59. The molecule has 1 aromatic heterocycles. The number of hydrogen-bond donors (Lipinski definition) is 1. The SMILES string of the molecule is Cc1cc(N2C[C@@]34C=C[C@@H](O3)[C@H](C(=O)N[C@H](C)CCCC(C)C)[C@H]4C2=O)no1. The molecule has 2 bridgehead atoms. The average molecular weight is 387 g/mol. The van der Waals surface area contributed by atoms with E-state index in [4.69, 9.17) is 9.26 Å². The zero-order valence-electron chi connectivity index (χ0n) is 17.0. The van der Waals surface area contributed by atoms with Crippen LogP contribution in [0.1, 0.15) is 45.8 Å². The van der Waals surface area contributed by atoms with E-state index in [0.717, 1.165) is 19.3 Å². The molecule has 7 nitrogen and oxygen atoms in total. The zero-order chi connectivity index (χ0) is 20.1. The van der Waals surface area contributed by atoms with Gasteiger partial charge in [-0.25, -0.2) is 0 Å². The van der Waals surface area contributed by atoms with Gasteiger partial charge in [0.1, 0.15) is 11.4 Å². The van der Waals surface area contributed by atoms with Gasteiger partial charge in [0.2, 0.25) is 11.8 Å². The van der Waals surface area contributed by atoms with E-state index in [0.29, 0.717) is 24.0 Å². The lowest BCUT2D eigenvalue weighted by Crippen LogP contribution is -2.46. The van der Waals surface area contributed by atoms with Gasteiger partial charge in [-0.15, -0.1) is 0 Å². The molecule has 4 rings (SSSR count).